The number of rotatable bonds is 8. The van der Waals surface area contributed by atoms with Crippen LogP contribution in [-0.2, 0) is 36.7 Å². The molecule has 0 aliphatic heterocycles. The molecule has 172 valence electrons. The number of carbonyl (C=O) groups excluding carboxylic acids is 3. The van der Waals surface area contributed by atoms with E-state index < -0.39 is 22.8 Å². The lowest BCUT2D eigenvalue weighted by atomic mass is 9.44. The lowest BCUT2D eigenvalue weighted by Crippen LogP contribution is -2.61. The standard InChI is InChI=1S/C26H33NO5/c1-4-5-17-6-8-18(9-7-17)11-21(22(28)31-2)27-23(29)25-12-19-10-20(13-25)15-26(14-19,16-25)24(30)32-3/h4,6-9,19-21H,1,5,10-16H2,2-3H3,(H,27,29)/t19?,20?,21-,25?,26?/m0/s1. The summed E-state index contributed by atoms with van der Waals surface area (Å²) in [6, 6.07) is 7.19. The lowest BCUT2D eigenvalue weighted by Gasteiger charge is -2.59. The number of carbonyl (C=O) groups is 3. The summed E-state index contributed by atoms with van der Waals surface area (Å²) in [4.78, 5) is 38.9. The van der Waals surface area contributed by atoms with Gasteiger partial charge in [-0.1, -0.05) is 30.3 Å². The van der Waals surface area contributed by atoms with E-state index in [2.05, 4.69) is 11.9 Å². The fraction of sp³-hybridized carbons (Fsp3) is 0.577. The third-order valence-corrected chi connectivity index (χ3v) is 7.80. The van der Waals surface area contributed by atoms with Gasteiger partial charge in [0.1, 0.15) is 6.04 Å². The fourth-order valence-electron chi connectivity index (χ4n) is 6.84. The first kappa shape index (κ1) is 22.6. The maximum Gasteiger partial charge on any atom is 0.328 e. The van der Waals surface area contributed by atoms with Crippen LogP contribution in [-0.4, -0.2) is 38.1 Å². The molecule has 0 heterocycles. The van der Waals surface area contributed by atoms with Crippen LogP contribution in [0, 0.1) is 22.7 Å². The Hall–Kier alpha value is -2.63. The van der Waals surface area contributed by atoms with Gasteiger partial charge in [-0.2, -0.15) is 0 Å². The normalized spacial score (nSPS) is 30.9. The summed E-state index contributed by atoms with van der Waals surface area (Å²) in [6.45, 7) is 3.75. The smallest absolute Gasteiger partial charge is 0.328 e. The van der Waals surface area contributed by atoms with Crippen LogP contribution in [0.1, 0.15) is 49.7 Å². The minimum Gasteiger partial charge on any atom is -0.469 e. The van der Waals surface area contributed by atoms with Gasteiger partial charge in [0.25, 0.3) is 0 Å². The minimum atomic E-state index is -0.764. The van der Waals surface area contributed by atoms with Crippen molar-refractivity contribution in [3.05, 3.63) is 48.0 Å². The van der Waals surface area contributed by atoms with Gasteiger partial charge < -0.3 is 14.8 Å². The minimum absolute atomic E-state index is 0.126. The van der Waals surface area contributed by atoms with Crippen LogP contribution < -0.4 is 5.32 Å². The molecule has 1 aromatic carbocycles. The van der Waals surface area contributed by atoms with Gasteiger partial charge in [-0.3, -0.25) is 9.59 Å². The Morgan fingerprint density at radius 3 is 2.19 bits per heavy atom. The number of esters is 2. The maximum atomic E-state index is 13.6. The van der Waals surface area contributed by atoms with Gasteiger partial charge in [0.05, 0.1) is 25.0 Å². The molecule has 6 heteroatoms. The SMILES string of the molecule is C=CCc1ccc(C[C@H](NC(=O)C23CC4CC(C2)CC(C(=O)OC)(C4)C3)C(=O)OC)cc1. The molecule has 4 fully saturated rings. The topological polar surface area (TPSA) is 81.7 Å². The van der Waals surface area contributed by atoms with Crippen molar-refractivity contribution in [2.45, 2.75) is 57.4 Å². The molecule has 3 atom stereocenters. The molecule has 1 amide bonds. The molecule has 1 N–H and O–H groups in total. The zero-order valence-corrected chi connectivity index (χ0v) is 19.0. The summed E-state index contributed by atoms with van der Waals surface area (Å²) in [5.74, 6) is -0.0578. The van der Waals surface area contributed by atoms with E-state index in [9.17, 15) is 14.4 Å². The summed E-state index contributed by atoms with van der Waals surface area (Å²) in [5, 5.41) is 3.01. The molecule has 1 aromatic rings. The van der Waals surface area contributed by atoms with Gasteiger partial charge in [0, 0.05) is 6.42 Å². The Morgan fingerprint density at radius 1 is 1.03 bits per heavy atom. The molecular formula is C26H33NO5. The lowest BCUT2D eigenvalue weighted by molar-refractivity contribution is -0.182. The largest absolute Gasteiger partial charge is 0.469 e. The first-order valence-corrected chi connectivity index (χ1v) is 11.5. The molecule has 0 saturated heterocycles. The molecule has 4 saturated carbocycles. The van der Waals surface area contributed by atoms with Crippen LogP contribution in [0.25, 0.3) is 0 Å². The molecule has 0 spiro atoms. The van der Waals surface area contributed by atoms with Crippen LogP contribution in [0.5, 0.6) is 0 Å². The first-order valence-electron chi connectivity index (χ1n) is 11.5. The second-order valence-electron chi connectivity index (χ2n) is 10.1. The van der Waals surface area contributed by atoms with Crippen LogP contribution in [0.2, 0.25) is 0 Å². The second-order valence-corrected chi connectivity index (χ2v) is 10.1. The molecule has 32 heavy (non-hydrogen) atoms. The molecule has 0 radical (unpaired) electrons. The zero-order chi connectivity index (χ0) is 22.9. The number of hydrogen-bond acceptors (Lipinski definition) is 5. The summed E-state index contributed by atoms with van der Waals surface area (Å²) >= 11 is 0. The van der Waals surface area contributed by atoms with Gasteiger partial charge in [-0.15, -0.1) is 6.58 Å². The molecule has 5 rings (SSSR count). The van der Waals surface area contributed by atoms with E-state index >= 15 is 0 Å². The van der Waals surface area contributed by atoms with Gasteiger partial charge in [-0.25, -0.2) is 4.79 Å². The number of allylic oxidation sites excluding steroid dienone is 1. The molecule has 4 aliphatic carbocycles. The number of benzene rings is 1. The van der Waals surface area contributed by atoms with Crippen molar-refractivity contribution in [1.29, 1.82) is 0 Å². The van der Waals surface area contributed by atoms with Gasteiger partial charge in [0.15, 0.2) is 0 Å². The fourth-order valence-corrected chi connectivity index (χ4v) is 6.84. The summed E-state index contributed by atoms with van der Waals surface area (Å²) < 4.78 is 10.2. The van der Waals surface area contributed by atoms with Crippen LogP contribution in [0.4, 0.5) is 0 Å². The highest BCUT2D eigenvalue weighted by molar-refractivity contribution is 5.90. The highest BCUT2D eigenvalue weighted by Crippen LogP contribution is 2.65. The van der Waals surface area contributed by atoms with E-state index in [1.54, 1.807) is 0 Å². The number of ether oxygens (including phenoxy) is 2. The summed E-state index contributed by atoms with van der Waals surface area (Å²) in [7, 11) is 2.77. The summed E-state index contributed by atoms with van der Waals surface area (Å²) in [6.07, 6.45) is 7.74. The third kappa shape index (κ3) is 4.07. The Kier molecular flexibility index (Phi) is 6.15. The second kappa shape index (κ2) is 8.72. The van der Waals surface area contributed by atoms with E-state index in [1.807, 2.05) is 30.3 Å². The molecule has 4 aliphatic rings. The average Bonchev–Trinajstić information content (AvgIpc) is 2.78. The highest BCUT2D eigenvalue weighted by Gasteiger charge is 2.63. The quantitative estimate of drug-likeness (QED) is 0.496. The predicted molar refractivity (Wildman–Crippen MR) is 120 cm³/mol. The van der Waals surface area contributed by atoms with Crippen molar-refractivity contribution in [2.75, 3.05) is 14.2 Å². The highest BCUT2D eigenvalue weighted by atomic mass is 16.5. The molecule has 2 unspecified atom stereocenters. The average molecular weight is 440 g/mol. The molecular weight excluding hydrogens is 406 g/mol. The maximum absolute atomic E-state index is 13.6. The third-order valence-electron chi connectivity index (χ3n) is 7.80. The molecule has 4 bridgehead atoms. The van der Waals surface area contributed by atoms with Crippen molar-refractivity contribution < 1.29 is 23.9 Å². The van der Waals surface area contributed by atoms with Crippen molar-refractivity contribution >= 4 is 17.8 Å². The Morgan fingerprint density at radius 2 is 1.62 bits per heavy atom. The zero-order valence-electron chi connectivity index (χ0n) is 19.0. The van der Waals surface area contributed by atoms with Crippen LogP contribution in [0.3, 0.4) is 0 Å². The predicted octanol–water partition coefficient (Wildman–Crippen LogP) is 3.38. The van der Waals surface area contributed by atoms with Gasteiger partial charge in [0.2, 0.25) is 5.91 Å². The molecule has 6 nitrogen and oxygen atoms in total. The number of hydrogen-bond donors (Lipinski definition) is 1. The van der Waals surface area contributed by atoms with Crippen molar-refractivity contribution in [1.82, 2.24) is 5.32 Å². The number of nitrogens with one attached hydrogen (secondary N) is 1. The van der Waals surface area contributed by atoms with Crippen LogP contribution in [0.15, 0.2) is 36.9 Å². The van der Waals surface area contributed by atoms with Crippen LogP contribution >= 0.6 is 0 Å². The van der Waals surface area contributed by atoms with E-state index in [0.29, 0.717) is 24.7 Å². The Labute approximate surface area is 189 Å². The Bertz CT molecular complexity index is 891. The van der Waals surface area contributed by atoms with E-state index in [4.69, 9.17) is 9.47 Å². The van der Waals surface area contributed by atoms with Gasteiger partial charge >= 0.3 is 11.9 Å². The Balaban J connectivity index is 1.52. The van der Waals surface area contributed by atoms with E-state index in [0.717, 1.165) is 49.7 Å². The number of methoxy groups -OCH3 is 2. The number of amides is 1. The monoisotopic (exact) mass is 439 g/mol. The van der Waals surface area contributed by atoms with Crippen molar-refractivity contribution in [2.24, 2.45) is 22.7 Å². The van der Waals surface area contributed by atoms with Gasteiger partial charge in [-0.05, 0) is 67.9 Å². The first-order chi connectivity index (χ1) is 15.3. The molecule has 0 aromatic heterocycles. The van der Waals surface area contributed by atoms with Crippen molar-refractivity contribution in [3.63, 3.8) is 0 Å². The van der Waals surface area contributed by atoms with E-state index in [-0.39, 0.29) is 11.9 Å². The summed E-state index contributed by atoms with van der Waals surface area (Å²) in [5.41, 5.74) is 0.921. The van der Waals surface area contributed by atoms with E-state index in [1.165, 1.54) is 14.2 Å². The van der Waals surface area contributed by atoms with Crippen molar-refractivity contribution in [3.8, 4) is 0 Å².